The molecule has 0 radical (unpaired) electrons. The smallest absolute Gasteiger partial charge is 0.315 e. The number of nitrogens with one attached hydrogen (secondary N) is 3. The van der Waals surface area contributed by atoms with Crippen molar-refractivity contribution in [3.8, 4) is 0 Å². The summed E-state index contributed by atoms with van der Waals surface area (Å²) in [6.45, 7) is 34.8. The van der Waals surface area contributed by atoms with Crippen LogP contribution in [-0.4, -0.2) is 102 Å². The Bertz CT molecular complexity index is 1520. The zero-order valence-corrected chi connectivity index (χ0v) is 38.8. The quantitative estimate of drug-likeness (QED) is 0.0973. The number of isocyanates is 1. The Hall–Kier alpha value is -3.35. The topological polar surface area (TPSA) is 199 Å². The number of urea groups is 1. The van der Waals surface area contributed by atoms with Gasteiger partial charge in [0, 0.05) is 6.54 Å². The third-order valence-electron chi connectivity index (χ3n) is 11.7. The molecule has 3 fully saturated rings. The van der Waals surface area contributed by atoms with E-state index in [1.165, 1.54) is 0 Å². The number of hydrogen-bond acceptors (Lipinski definition) is 9. The molecule has 3 rings (SSSR count). The number of piperidine rings is 1. The van der Waals surface area contributed by atoms with E-state index >= 15 is 0 Å². The van der Waals surface area contributed by atoms with E-state index in [0.29, 0.717) is 26.2 Å². The van der Waals surface area contributed by atoms with E-state index in [-0.39, 0.29) is 63.2 Å². The zero-order chi connectivity index (χ0) is 45.0. The molecule has 2 aliphatic carbocycles. The van der Waals surface area contributed by atoms with E-state index in [0.717, 1.165) is 19.3 Å². The van der Waals surface area contributed by atoms with Gasteiger partial charge in [-0.2, -0.15) is 4.99 Å². The van der Waals surface area contributed by atoms with Crippen molar-refractivity contribution in [2.45, 2.75) is 185 Å². The normalized spacial score (nSPS) is 22.6. The van der Waals surface area contributed by atoms with Gasteiger partial charge in [0.25, 0.3) is 5.91 Å². The van der Waals surface area contributed by atoms with Crippen molar-refractivity contribution in [1.29, 1.82) is 0 Å². The maximum atomic E-state index is 14.3. The van der Waals surface area contributed by atoms with Crippen molar-refractivity contribution in [2.24, 2.45) is 50.1 Å². The monoisotopic (exact) mass is 819 g/mol. The van der Waals surface area contributed by atoms with Crippen LogP contribution in [0.15, 0.2) is 4.99 Å². The van der Waals surface area contributed by atoms with Crippen LogP contribution in [0.4, 0.5) is 4.79 Å². The summed E-state index contributed by atoms with van der Waals surface area (Å²) in [5.41, 5.74) is 3.54. The van der Waals surface area contributed by atoms with Gasteiger partial charge < -0.3 is 36.1 Å². The van der Waals surface area contributed by atoms with Crippen LogP contribution in [0.25, 0.3) is 0 Å². The molecule has 0 bridgehead atoms. The molecule has 1 heterocycles. The number of nitrogens with two attached hydrogens (primary N) is 1. The van der Waals surface area contributed by atoms with Crippen LogP contribution >= 0.6 is 0 Å². The largest absolute Gasteiger partial charge is 0.374 e. The number of amides is 5. The molecule has 0 aromatic heterocycles. The Morgan fingerprint density at radius 1 is 0.793 bits per heavy atom. The molecule has 5 amide bonds. The van der Waals surface area contributed by atoms with E-state index in [9.17, 15) is 28.8 Å². The molecule has 3 aliphatic rings. The lowest BCUT2D eigenvalue weighted by Crippen LogP contribution is -2.62. The Morgan fingerprint density at radius 3 is 1.74 bits per heavy atom. The lowest BCUT2D eigenvalue weighted by molar-refractivity contribution is -0.145. The molecule has 1 saturated heterocycles. The van der Waals surface area contributed by atoms with Crippen molar-refractivity contribution in [1.82, 2.24) is 20.9 Å². The maximum Gasteiger partial charge on any atom is 0.315 e. The van der Waals surface area contributed by atoms with Gasteiger partial charge in [-0.3, -0.25) is 19.2 Å². The lowest BCUT2D eigenvalue weighted by atomic mass is 9.80. The van der Waals surface area contributed by atoms with Gasteiger partial charge in [0.05, 0.1) is 42.5 Å². The molecule has 58 heavy (non-hydrogen) atoms. The van der Waals surface area contributed by atoms with Crippen LogP contribution in [0, 0.1) is 39.4 Å². The second-order valence-corrected chi connectivity index (χ2v) is 22.5. The van der Waals surface area contributed by atoms with Crippen LogP contribution in [0.3, 0.4) is 0 Å². The van der Waals surface area contributed by atoms with Crippen molar-refractivity contribution in [2.75, 3.05) is 19.8 Å². The second-order valence-electron chi connectivity index (χ2n) is 22.5. The number of fused-ring (bicyclic) bond motifs is 1. The second kappa shape index (κ2) is 18.9. The van der Waals surface area contributed by atoms with Crippen LogP contribution in [0.1, 0.15) is 143 Å². The molecule has 1 aliphatic heterocycles. The Balaban J connectivity index is 0.000000704. The van der Waals surface area contributed by atoms with Gasteiger partial charge in [0.15, 0.2) is 0 Å². The molecule has 7 atom stereocenters. The first-order chi connectivity index (χ1) is 26.1. The number of ether oxygens (including phenoxy) is 2. The molecule has 14 nitrogen and oxygen atoms in total. The molecular formula is C44H78N6O8. The van der Waals surface area contributed by atoms with Crippen molar-refractivity contribution in [3.63, 3.8) is 0 Å². The van der Waals surface area contributed by atoms with Gasteiger partial charge in [-0.15, -0.1) is 0 Å². The molecule has 5 N–H and O–H groups in total. The highest BCUT2D eigenvalue weighted by molar-refractivity contribution is 6.37. The fourth-order valence-electron chi connectivity index (χ4n) is 7.40. The standard InChI is InChI=1S/C33H57N5O6.C11H21NO2/c1-30(2,3)21(17-44-32(7,8)9)36-29(43)37-25(31(4,5)6)28(42)38-16-19-22(33(19,10)11)23(38)27(41)35-20(24(39)26(34)40)15-18-13-12-14-18;1-10(2,3)9(12-8-13)7-14-11(4,5)6/h18-23,25H,12-17H2,1-11H3,(H2,34,40)(H,35,41)(H2,36,37,43);9H,7H2,1-6H3/t19-,20?,21+,22-,23-,25+;9-/m01/s1. The fourth-order valence-corrected chi connectivity index (χ4v) is 7.40. The average Bonchev–Trinajstić information content (AvgIpc) is 3.33. The molecule has 1 unspecified atom stereocenters. The van der Waals surface area contributed by atoms with Gasteiger partial charge in [0.1, 0.15) is 12.1 Å². The van der Waals surface area contributed by atoms with Crippen molar-refractivity contribution < 1.29 is 38.2 Å². The Morgan fingerprint density at radius 2 is 1.33 bits per heavy atom. The first-order valence-electron chi connectivity index (χ1n) is 21.0. The number of carbonyl (C=O) groups excluding carboxylic acids is 6. The van der Waals surface area contributed by atoms with E-state index in [1.807, 2.05) is 104 Å². The number of aliphatic imine (C=N–C) groups is 1. The highest BCUT2D eigenvalue weighted by Gasteiger charge is 2.70. The predicted octanol–water partition coefficient (Wildman–Crippen LogP) is 5.69. The average molecular weight is 819 g/mol. The van der Waals surface area contributed by atoms with E-state index < -0.39 is 47.2 Å². The highest BCUT2D eigenvalue weighted by atomic mass is 16.5. The number of carbonyl (C=O) groups is 5. The van der Waals surface area contributed by atoms with E-state index in [4.69, 9.17) is 15.2 Å². The van der Waals surface area contributed by atoms with Crippen LogP contribution in [0.5, 0.6) is 0 Å². The third-order valence-corrected chi connectivity index (χ3v) is 11.7. The minimum absolute atomic E-state index is 0.0668. The van der Waals surface area contributed by atoms with Crippen molar-refractivity contribution >= 4 is 35.6 Å². The molecule has 0 aromatic carbocycles. The number of hydrogen-bond donors (Lipinski definition) is 4. The summed E-state index contributed by atoms with van der Waals surface area (Å²) in [5.74, 6) is -2.47. The van der Waals surface area contributed by atoms with E-state index in [2.05, 4.69) is 34.8 Å². The lowest BCUT2D eigenvalue weighted by Gasteiger charge is -2.39. The minimum Gasteiger partial charge on any atom is -0.374 e. The molecule has 0 spiro atoms. The molecule has 14 heteroatoms. The number of ketones is 1. The Kier molecular flexibility index (Phi) is 16.6. The number of rotatable bonds is 14. The number of Topliss-reactive ketones (excluding diaryl/α,β-unsaturated/α-hetero) is 1. The predicted molar refractivity (Wildman–Crippen MR) is 225 cm³/mol. The highest BCUT2D eigenvalue weighted by Crippen LogP contribution is 2.65. The SMILES string of the molecule is CC(C)(C)OC[C@@H](N=C=O)C(C)(C)C.CC(C)(C)OC[C@@H](NC(=O)N[C@H](C(=O)N1C[C@H]2[C@@H]([C@H]1C(=O)NC(CC1CCC1)C(=O)C(N)=O)C2(C)C)C(C)(C)C)C(C)(C)C. The minimum atomic E-state index is -1.08. The van der Waals surface area contributed by atoms with Gasteiger partial charge in [-0.1, -0.05) is 95.4 Å². The Labute approximate surface area is 348 Å². The third kappa shape index (κ3) is 14.7. The van der Waals surface area contributed by atoms with Gasteiger partial charge in [-0.25, -0.2) is 9.59 Å². The first-order valence-corrected chi connectivity index (χ1v) is 21.0. The summed E-state index contributed by atoms with van der Waals surface area (Å²) in [7, 11) is 0. The fraction of sp³-hybridized carbons (Fsp3) is 0.864. The van der Waals surface area contributed by atoms with Crippen LogP contribution in [0.2, 0.25) is 0 Å². The summed E-state index contributed by atoms with van der Waals surface area (Å²) >= 11 is 0. The van der Waals surface area contributed by atoms with Crippen LogP contribution in [-0.2, 0) is 33.4 Å². The first kappa shape index (κ1) is 50.8. The zero-order valence-electron chi connectivity index (χ0n) is 38.8. The molecule has 0 aromatic rings. The summed E-state index contributed by atoms with van der Waals surface area (Å²) in [5, 5.41) is 8.74. The van der Waals surface area contributed by atoms with E-state index in [1.54, 1.807) is 11.0 Å². The van der Waals surface area contributed by atoms with Crippen LogP contribution < -0.4 is 21.7 Å². The molecular weight excluding hydrogens is 741 g/mol. The van der Waals surface area contributed by atoms with Gasteiger partial charge in [0.2, 0.25) is 23.7 Å². The van der Waals surface area contributed by atoms with Gasteiger partial charge >= 0.3 is 6.03 Å². The van der Waals surface area contributed by atoms with Gasteiger partial charge in [-0.05, 0) is 87.4 Å². The summed E-state index contributed by atoms with van der Waals surface area (Å²) in [6, 6.07) is -3.72. The maximum absolute atomic E-state index is 14.3. The number of primary amides is 1. The summed E-state index contributed by atoms with van der Waals surface area (Å²) < 4.78 is 11.6. The number of nitrogens with zero attached hydrogens (tertiary/aromatic N) is 2. The molecule has 2 saturated carbocycles. The summed E-state index contributed by atoms with van der Waals surface area (Å²) in [4.78, 5) is 81.6. The van der Waals surface area contributed by atoms with Crippen molar-refractivity contribution in [3.05, 3.63) is 0 Å². The number of likely N-dealkylation sites (tertiary alicyclic amines) is 1. The molecule has 332 valence electrons. The summed E-state index contributed by atoms with van der Waals surface area (Å²) in [6.07, 6.45) is 4.88.